The van der Waals surface area contributed by atoms with Gasteiger partial charge in [0.15, 0.2) is 5.78 Å². The minimum Gasteiger partial charge on any atom is -0.396 e. The third-order valence-electron chi connectivity index (χ3n) is 9.44. The largest absolute Gasteiger partial charge is 0.396 e. The predicted molar refractivity (Wildman–Crippen MR) is 120 cm³/mol. The second-order valence-electron chi connectivity index (χ2n) is 10.8. The third kappa shape index (κ3) is 4.00. The Morgan fingerprint density at radius 3 is 2.63 bits per heavy atom. The van der Waals surface area contributed by atoms with Crippen molar-refractivity contribution in [3.05, 3.63) is 35.9 Å². The van der Waals surface area contributed by atoms with E-state index < -0.39 is 0 Å². The highest BCUT2D eigenvalue weighted by Crippen LogP contribution is 2.63. The first-order valence-electron chi connectivity index (χ1n) is 12.3. The maximum atomic E-state index is 12.6. The summed E-state index contributed by atoms with van der Waals surface area (Å²) in [6.45, 7) is 4.98. The number of hydrogen-bond donors (Lipinski definition) is 2. The van der Waals surface area contributed by atoms with E-state index in [1.807, 2.05) is 30.3 Å². The number of rotatable bonds is 7. The summed E-state index contributed by atoms with van der Waals surface area (Å²) in [6.07, 6.45) is 9.31. The van der Waals surface area contributed by atoms with Crippen molar-refractivity contribution in [1.82, 2.24) is 0 Å². The Kier molecular flexibility index (Phi) is 6.70. The van der Waals surface area contributed by atoms with Gasteiger partial charge in [0.1, 0.15) is 0 Å². The molecule has 8 atom stereocenters. The first-order valence-corrected chi connectivity index (χ1v) is 12.3. The topological polar surface area (TPSA) is 57.5 Å². The van der Waals surface area contributed by atoms with Gasteiger partial charge in [0, 0.05) is 18.6 Å². The summed E-state index contributed by atoms with van der Waals surface area (Å²) in [7, 11) is 0. The summed E-state index contributed by atoms with van der Waals surface area (Å²) < 4.78 is 0. The molecule has 0 spiro atoms. The molecule has 0 saturated heterocycles. The van der Waals surface area contributed by atoms with Crippen LogP contribution in [0, 0.1) is 40.9 Å². The normalized spacial score (nSPS) is 39.2. The molecule has 0 aliphatic heterocycles. The smallest absolute Gasteiger partial charge is 0.162 e. The van der Waals surface area contributed by atoms with Crippen LogP contribution < -0.4 is 0 Å². The summed E-state index contributed by atoms with van der Waals surface area (Å²) in [4.78, 5) is 12.6. The van der Waals surface area contributed by atoms with E-state index in [2.05, 4.69) is 13.8 Å². The molecule has 166 valence electrons. The van der Waals surface area contributed by atoms with Crippen LogP contribution in [0.4, 0.5) is 0 Å². The first kappa shape index (κ1) is 22.0. The first-order chi connectivity index (χ1) is 14.4. The van der Waals surface area contributed by atoms with Crippen molar-refractivity contribution < 1.29 is 15.0 Å². The zero-order valence-corrected chi connectivity index (χ0v) is 18.8. The summed E-state index contributed by atoms with van der Waals surface area (Å²) in [5.74, 6) is 3.87. The molecule has 1 aromatic carbocycles. The van der Waals surface area contributed by atoms with Crippen LogP contribution in [0.25, 0.3) is 0 Å². The van der Waals surface area contributed by atoms with Crippen LogP contribution in [0.15, 0.2) is 30.3 Å². The van der Waals surface area contributed by atoms with E-state index in [9.17, 15) is 15.0 Å². The van der Waals surface area contributed by atoms with Gasteiger partial charge in [0.05, 0.1) is 6.10 Å². The van der Waals surface area contributed by atoms with E-state index in [-0.39, 0.29) is 17.3 Å². The van der Waals surface area contributed by atoms with Crippen molar-refractivity contribution in [3.63, 3.8) is 0 Å². The molecule has 0 aromatic heterocycles. The van der Waals surface area contributed by atoms with Crippen LogP contribution >= 0.6 is 0 Å². The zero-order chi connectivity index (χ0) is 21.3. The molecule has 1 aromatic rings. The molecule has 3 nitrogen and oxygen atoms in total. The maximum absolute atomic E-state index is 12.6. The number of aliphatic hydroxyl groups is 2. The quantitative estimate of drug-likeness (QED) is 0.582. The Morgan fingerprint density at radius 1 is 1.13 bits per heavy atom. The second kappa shape index (κ2) is 9.12. The lowest BCUT2D eigenvalue weighted by atomic mass is 9.51. The van der Waals surface area contributed by atoms with Gasteiger partial charge in [-0.2, -0.15) is 0 Å². The summed E-state index contributed by atoms with van der Waals surface area (Å²) in [6, 6.07) is 9.65. The maximum Gasteiger partial charge on any atom is 0.162 e. The van der Waals surface area contributed by atoms with Crippen molar-refractivity contribution in [2.75, 3.05) is 6.61 Å². The molecule has 0 bridgehead atoms. The number of ketones is 1. The van der Waals surface area contributed by atoms with Crippen LogP contribution in [0.1, 0.15) is 82.0 Å². The van der Waals surface area contributed by atoms with Gasteiger partial charge in [-0.3, -0.25) is 4.79 Å². The molecule has 3 fully saturated rings. The van der Waals surface area contributed by atoms with Gasteiger partial charge < -0.3 is 10.2 Å². The monoisotopic (exact) mass is 412 g/mol. The minimum atomic E-state index is -0.226. The van der Waals surface area contributed by atoms with E-state index in [4.69, 9.17) is 0 Å². The Hall–Kier alpha value is -1.19. The van der Waals surface area contributed by atoms with Crippen molar-refractivity contribution in [3.8, 4) is 0 Å². The minimum absolute atomic E-state index is 0.000192. The number of fused-ring (bicyclic) bond motifs is 3. The molecule has 0 unspecified atom stereocenters. The van der Waals surface area contributed by atoms with Crippen molar-refractivity contribution in [1.29, 1.82) is 0 Å². The molecule has 3 aliphatic carbocycles. The van der Waals surface area contributed by atoms with E-state index in [0.717, 1.165) is 30.7 Å². The molecule has 0 radical (unpaired) electrons. The summed E-state index contributed by atoms with van der Waals surface area (Å²) in [5, 5.41) is 20.7. The highest BCUT2D eigenvalue weighted by atomic mass is 16.3. The highest BCUT2D eigenvalue weighted by molar-refractivity contribution is 5.95. The summed E-state index contributed by atoms with van der Waals surface area (Å²) >= 11 is 0. The average molecular weight is 413 g/mol. The van der Waals surface area contributed by atoms with Gasteiger partial charge in [-0.15, -0.1) is 0 Å². The van der Waals surface area contributed by atoms with Crippen LogP contribution in [-0.2, 0) is 0 Å². The van der Waals surface area contributed by atoms with Crippen molar-refractivity contribution in [2.24, 2.45) is 40.9 Å². The Balaban J connectivity index is 1.41. The van der Waals surface area contributed by atoms with Crippen LogP contribution in [0.2, 0.25) is 0 Å². The van der Waals surface area contributed by atoms with Crippen molar-refractivity contribution in [2.45, 2.75) is 77.7 Å². The Morgan fingerprint density at radius 2 is 1.90 bits per heavy atom. The molecule has 0 amide bonds. The predicted octanol–water partition coefficient (Wildman–Crippen LogP) is 5.50. The molecular formula is C27H40O3. The Labute approximate surface area is 182 Å². The number of aliphatic hydroxyl groups excluding tert-OH is 2. The highest BCUT2D eigenvalue weighted by Gasteiger charge is 2.59. The van der Waals surface area contributed by atoms with E-state index in [1.54, 1.807) is 0 Å². The number of Topliss-reactive ketones (excluding diaryl/α,β-unsaturated/α-hetero) is 1. The molecule has 3 aliphatic rings. The number of carbonyl (C=O) groups excluding carboxylic acids is 1. The van der Waals surface area contributed by atoms with Gasteiger partial charge in [0.2, 0.25) is 0 Å². The standard InChI is InChI=1S/C27H40O3/c1-18(8-13-25(29)20-6-4-3-5-7-20)23-11-12-24-22-10-9-19(14-15-28)16-21(22)17-26(30)27(23,24)2/h3-7,18-19,21-24,26,28,30H,8-17H2,1-2H3/t18-,19+,21+,22-,23-,24-,26+,27+/m0/s1. The lowest BCUT2D eigenvalue weighted by molar-refractivity contribution is -0.124. The van der Waals surface area contributed by atoms with Gasteiger partial charge in [-0.05, 0) is 85.9 Å². The van der Waals surface area contributed by atoms with Gasteiger partial charge in [0.25, 0.3) is 0 Å². The van der Waals surface area contributed by atoms with Gasteiger partial charge in [-0.25, -0.2) is 0 Å². The van der Waals surface area contributed by atoms with Gasteiger partial charge in [-0.1, -0.05) is 50.6 Å². The summed E-state index contributed by atoms with van der Waals surface area (Å²) in [5.41, 5.74) is 0.820. The zero-order valence-electron chi connectivity index (χ0n) is 18.8. The third-order valence-corrected chi connectivity index (χ3v) is 9.44. The number of hydrogen-bond acceptors (Lipinski definition) is 3. The average Bonchev–Trinajstić information content (AvgIpc) is 3.12. The SMILES string of the molecule is C[C@@H](CCC(=O)c1ccccc1)[C@@H]1CC[C@H]2[C@H]3CC[C@H](CCO)C[C@@H]3C[C@@H](O)[C@@]21C. The lowest BCUT2D eigenvalue weighted by Gasteiger charge is -2.55. The molecule has 3 heteroatoms. The van der Waals surface area contributed by atoms with Crippen molar-refractivity contribution >= 4 is 5.78 Å². The molecule has 4 rings (SSSR count). The fraction of sp³-hybridized carbons (Fsp3) is 0.741. The fourth-order valence-electron chi connectivity index (χ4n) is 7.82. The van der Waals surface area contributed by atoms with E-state index >= 15 is 0 Å². The van der Waals surface area contributed by atoms with E-state index in [1.165, 1.54) is 32.1 Å². The van der Waals surface area contributed by atoms with Crippen LogP contribution in [-0.4, -0.2) is 28.7 Å². The van der Waals surface area contributed by atoms with Crippen LogP contribution in [0.3, 0.4) is 0 Å². The second-order valence-corrected chi connectivity index (χ2v) is 10.8. The van der Waals surface area contributed by atoms with Crippen LogP contribution in [0.5, 0.6) is 0 Å². The number of carbonyl (C=O) groups is 1. The Bertz CT molecular complexity index is 716. The molecule has 30 heavy (non-hydrogen) atoms. The fourth-order valence-corrected chi connectivity index (χ4v) is 7.82. The van der Waals surface area contributed by atoms with Gasteiger partial charge >= 0.3 is 0 Å². The lowest BCUT2D eigenvalue weighted by Crippen LogP contribution is -2.53. The molecular weight excluding hydrogens is 372 g/mol. The molecule has 0 heterocycles. The molecule has 2 N–H and O–H groups in total. The number of benzene rings is 1. The molecule has 3 saturated carbocycles. The van der Waals surface area contributed by atoms with E-state index in [0.29, 0.717) is 42.6 Å².